The Hall–Kier alpha value is -3.66. The summed E-state index contributed by atoms with van der Waals surface area (Å²) in [7, 11) is 3.15. The molecule has 3 rings (SSSR count). The average molecular weight is 459 g/mol. The van der Waals surface area contributed by atoms with Crippen LogP contribution < -0.4 is 25.4 Å². The van der Waals surface area contributed by atoms with Gasteiger partial charge in [-0.3, -0.25) is 10.1 Å². The first-order valence-corrected chi connectivity index (χ1v) is 10.6. The number of nitrogens with one attached hydrogen (secondary N) is 3. The van der Waals surface area contributed by atoms with E-state index in [9.17, 15) is 14.0 Å². The number of methoxy groups -OCH3 is 2. The van der Waals surface area contributed by atoms with Crippen LogP contribution in [0.15, 0.2) is 47.8 Å². The lowest BCUT2D eigenvalue weighted by atomic mass is 10.1. The van der Waals surface area contributed by atoms with Gasteiger partial charge in [0.2, 0.25) is 5.91 Å². The third-order valence-electron chi connectivity index (χ3n) is 4.40. The van der Waals surface area contributed by atoms with Gasteiger partial charge < -0.3 is 20.1 Å². The number of rotatable bonds is 9. The van der Waals surface area contributed by atoms with Crippen LogP contribution in [0.3, 0.4) is 0 Å². The van der Waals surface area contributed by atoms with E-state index >= 15 is 0 Å². The normalized spacial score (nSPS) is 10.3. The van der Waals surface area contributed by atoms with Crippen molar-refractivity contribution in [1.82, 2.24) is 10.3 Å². The molecule has 168 valence electrons. The molecule has 8 nitrogen and oxygen atoms in total. The first kappa shape index (κ1) is 23.0. The number of amides is 3. The van der Waals surface area contributed by atoms with E-state index in [2.05, 4.69) is 20.9 Å². The summed E-state index contributed by atoms with van der Waals surface area (Å²) in [4.78, 5) is 28.5. The maximum atomic E-state index is 12.9. The van der Waals surface area contributed by atoms with Crippen molar-refractivity contribution >= 4 is 34.1 Å². The van der Waals surface area contributed by atoms with Crippen LogP contribution in [0.1, 0.15) is 11.3 Å². The lowest BCUT2D eigenvalue weighted by Gasteiger charge is -2.10. The Bertz CT molecular complexity index is 1070. The van der Waals surface area contributed by atoms with E-state index in [1.165, 1.54) is 35.6 Å². The fourth-order valence-corrected chi connectivity index (χ4v) is 3.55. The summed E-state index contributed by atoms with van der Waals surface area (Å²) in [5.41, 5.74) is 2.01. The van der Waals surface area contributed by atoms with Gasteiger partial charge in [-0.2, -0.15) is 0 Å². The van der Waals surface area contributed by atoms with Crippen LogP contribution in [0.25, 0.3) is 0 Å². The number of benzene rings is 2. The number of carbonyl (C=O) groups excluding carboxylic acids is 2. The zero-order chi connectivity index (χ0) is 22.9. The molecule has 10 heteroatoms. The van der Waals surface area contributed by atoms with Crippen LogP contribution in [0, 0.1) is 5.82 Å². The number of anilines is 2. The number of nitrogens with zero attached hydrogens (tertiary/aromatic N) is 1. The third-order valence-corrected chi connectivity index (χ3v) is 5.21. The minimum Gasteiger partial charge on any atom is -0.493 e. The number of halogens is 1. The number of urea groups is 1. The van der Waals surface area contributed by atoms with Gasteiger partial charge in [-0.1, -0.05) is 6.07 Å². The smallest absolute Gasteiger partial charge is 0.325 e. The van der Waals surface area contributed by atoms with Gasteiger partial charge in [0.1, 0.15) is 5.82 Å². The van der Waals surface area contributed by atoms with E-state index in [-0.39, 0.29) is 18.1 Å². The molecule has 0 unspecified atom stereocenters. The molecule has 1 aromatic heterocycles. The van der Waals surface area contributed by atoms with E-state index in [1.54, 1.807) is 19.6 Å². The van der Waals surface area contributed by atoms with Crippen LogP contribution >= 0.6 is 11.3 Å². The summed E-state index contributed by atoms with van der Waals surface area (Å²) in [6, 6.07) is 10.5. The lowest BCUT2D eigenvalue weighted by Crippen LogP contribution is -2.27. The molecule has 0 atom stereocenters. The second-order valence-corrected chi connectivity index (χ2v) is 7.55. The van der Waals surface area contributed by atoms with E-state index in [0.29, 0.717) is 41.0 Å². The first-order chi connectivity index (χ1) is 15.5. The molecule has 3 aromatic rings. The standard InChI is InChI=1S/C22H23FN4O4S/c1-30-18-8-3-14(11-19(18)31-2)9-10-24-20(28)12-17-13-32-22(26-17)27-21(29)25-16-6-4-15(23)5-7-16/h3-8,11,13H,9-10,12H2,1-2H3,(H,24,28)(H2,25,26,27,29). The molecule has 2 aromatic carbocycles. The first-order valence-electron chi connectivity index (χ1n) is 9.72. The highest BCUT2D eigenvalue weighted by molar-refractivity contribution is 7.14. The van der Waals surface area contributed by atoms with Crippen LogP contribution in [0.2, 0.25) is 0 Å². The van der Waals surface area contributed by atoms with Gasteiger partial charge in [-0.15, -0.1) is 11.3 Å². The summed E-state index contributed by atoms with van der Waals surface area (Å²) in [5, 5.41) is 10.1. The van der Waals surface area contributed by atoms with Crippen molar-refractivity contribution in [3.63, 3.8) is 0 Å². The molecule has 0 bridgehead atoms. The van der Waals surface area contributed by atoms with Crippen molar-refractivity contribution in [1.29, 1.82) is 0 Å². The number of aromatic nitrogens is 1. The molecule has 0 aliphatic heterocycles. The highest BCUT2D eigenvalue weighted by Gasteiger charge is 2.11. The number of hydrogen-bond donors (Lipinski definition) is 3. The van der Waals surface area contributed by atoms with Gasteiger partial charge in [-0.25, -0.2) is 14.2 Å². The zero-order valence-corrected chi connectivity index (χ0v) is 18.4. The molecule has 0 saturated carbocycles. The number of ether oxygens (including phenoxy) is 2. The molecule has 0 fully saturated rings. The second-order valence-electron chi connectivity index (χ2n) is 6.70. The second kappa shape index (κ2) is 11.1. The minimum atomic E-state index is -0.503. The van der Waals surface area contributed by atoms with Gasteiger partial charge in [0.05, 0.1) is 26.3 Å². The Morgan fingerprint density at radius 2 is 1.78 bits per heavy atom. The Morgan fingerprint density at radius 1 is 1.03 bits per heavy atom. The number of carbonyl (C=O) groups is 2. The molecule has 3 N–H and O–H groups in total. The SMILES string of the molecule is COc1ccc(CCNC(=O)Cc2csc(NC(=O)Nc3ccc(F)cc3)n2)cc1OC. The van der Waals surface area contributed by atoms with E-state index in [1.807, 2.05) is 18.2 Å². The van der Waals surface area contributed by atoms with Gasteiger partial charge >= 0.3 is 6.03 Å². The van der Waals surface area contributed by atoms with Crippen molar-refractivity contribution in [2.45, 2.75) is 12.8 Å². The number of hydrogen-bond acceptors (Lipinski definition) is 6. The largest absolute Gasteiger partial charge is 0.493 e. The van der Waals surface area contributed by atoms with Gasteiger partial charge in [-0.05, 0) is 48.4 Å². The van der Waals surface area contributed by atoms with Crippen LogP contribution in [0.5, 0.6) is 11.5 Å². The summed E-state index contributed by atoms with van der Waals surface area (Å²) in [6.45, 7) is 0.462. The monoisotopic (exact) mass is 458 g/mol. The van der Waals surface area contributed by atoms with Crippen molar-refractivity contribution in [2.75, 3.05) is 31.4 Å². The summed E-state index contributed by atoms with van der Waals surface area (Å²) in [5.74, 6) is 0.738. The predicted molar refractivity (Wildman–Crippen MR) is 121 cm³/mol. The fourth-order valence-electron chi connectivity index (χ4n) is 2.85. The van der Waals surface area contributed by atoms with Crippen LogP contribution in [-0.4, -0.2) is 37.7 Å². The maximum absolute atomic E-state index is 12.9. The highest BCUT2D eigenvalue weighted by atomic mass is 32.1. The van der Waals surface area contributed by atoms with Crippen molar-refractivity contribution in [3.05, 3.63) is 64.9 Å². The van der Waals surface area contributed by atoms with Crippen molar-refractivity contribution in [3.8, 4) is 11.5 Å². The molecular formula is C22H23FN4O4S. The molecule has 0 aliphatic rings. The molecule has 0 spiro atoms. The molecule has 0 saturated heterocycles. The van der Waals surface area contributed by atoms with Gasteiger partial charge in [0.25, 0.3) is 0 Å². The van der Waals surface area contributed by atoms with Crippen LogP contribution in [0.4, 0.5) is 20.0 Å². The predicted octanol–water partition coefficient (Wildman–Crippen LogP) is 3.84. The van der Waals surface area contributed by atoms with E-state index in [0.717, 1.165) is 5.56 Å². The fraction of sp³-hybridized carbons (Fsp3) is 0.227. The highest BCUT2D eigenvalue weighted by Crippen LogP contribution is 2.27. The quantitative estimate of drug-likeness (QED) is 0.452. The van der Waals surface area contributed by atoms with Crippen molar-refractivity contribution < 1.29 is 23.5 Å². The molecule has 3 amide bonds. The summed E-state index contributed by atoms with van der Waals surface area (Å²) in [6.07, 6.45) is 0.739. The van der Waals surface area contributed by atoms with Gasteiger partial charge in [0, 0.05) is 17.6 Å². The minimum absolute atomic E-state index is 0.101. The Morgan fingerprint density at radius 3 is 2.50 bits per heavy atom. The third kappa shape index (κ3) is 6.67. The van der Waals surface area contributed by atoms with Crippen molar-refractivity contribution in [2.24, 2.45) is 0 Å². The zero-order valence-electron chi connectivity index (χ0n) is 17.6. The molecule has 0 radical (unpaired) electrons. The van der Waals surface area contributed by atoms with E-state index in [4.69, 9.17) is 9.47 Å². The molecule has 0 aliphatic carbocycles. The summed E-state index contributed by atoms with van der Waals surface area (Å²) >= 11 is 1.21. The van der Waals surface area contributed by atoms with E-state index < -0.39 is 6.03 Å². The molecule has 32 heavy (non-hydrogen) atoms. The Balaban J connectivity index is 1.43. The lowest BCUT2D eigenvalue weighted by molar-refractivity contribution is -0.120. The van der Waals surface area contributed by atoms with Crippen LogP contribution in [-0.2, 0) is 17.6 Å². The Kier molecular flexibility index (Phi) is 7.98. The Labute approximate surface area is 188 Å². The number of thiazole rings is 1. The molecular weight excluding hydrogens is 435 g/mol. The topological polar surface area (TPSA) is 102 Å². The summed E-state index contributed by atoms with van der Waals surface area (Å²) < 4.78 is 23.4. The molecule has 1 heterocycles. The maximum Gasteiger partial charge on any atom is 0.325 e. The van der Waals surface area contributed by atoms with Gasteiger partial charge in [0.15, 0.2) is 16.6 Å². The average Bonchev–Trinajstić information content (AvgIpc) is 3.21.